The number of carbonyl (C=O) groups is 2. The lowest BCUT2D eigenvalue weighted by Gasteiger charge is -2.33. The Balaban J connectivity index is 2.21. The summed E-state index contributed by atoms with van der Waals surface area (Å²) in [7, 11) is 6.92. The summed E-state index contributed by atoms with van der Waals surface area (Å²) in [6.07, 6.45) is 3.93. The molecule has 0 aliphatic carbocycles. The van der Waals surface area contributed by atoms with Crippen molar-refractivity contribution in [1.82, 2.24) is 4.90 Å². The lowest BCUT2D eigenvalue weighted by Crippen LogP contribution is -2.48. The minimum atomic E-state index is -0.797. The van der Waals surface area contributed by atoms with E-state index in [-0.39, 0.29) is 12.1 Å². The smallest absolute Gasteiger partial charge is 0.330 e. The minimum Gasteiger partial charge on any atom is -0.466 e. The van der Waals surface area contributed by atoms with Crippen LogP contribution in [0.5, 0.6) is 0 Å². The number of carbonyl (C=O) groups excluding carboxylic acids is 2. The molecule has 2 rings (SSSR count). The molecule has 6 heteroatoms. The van der Waals surface area contributed by atoms with Crippen molar-refractivity contribution in [2.24, 2.45) is 0 Å². The average molecular weight is 327 g/mol. The molecule has 24 heavy (non-hydrogen) atoms. The van der Waals surface area contributed by atoms with Crippen molar-refractivity contribution in [2.75, 3.05) is 7.11 Å². The van der Waals surface area contributed by atoms with Gasteiger partial charge in [0.05, 0.1) is 19.3 Å². The van der Waals surface area contributed by atoms with Crippen LogP contribution in [0.15, 0.2) is 42.5 Å². The predicted molar refractivity (Wildman–Crippen MR) is 91.6 cm³/mol. The summed E-state index contributed by atoms with van der Waals surface area (Å²) in [5.74, 6) is -0.931. The van der Waals surface area contributed by atoms with Crippen LogP contribution in [0, 0.1) is 0 Å². The molecule has 2 unspecified atom stereocenters. The number of benzene rings is 1. The summed E-state index contributed by atoms with van der Waals surface area (Å²) in [5.41, 5.74) is 0.298. The molecular formula is C18H22BNO4. The molecule has 0 spiro atoms. The molecule has 1 heterocycles. The van der Waals surface area contributed by atoms with Gasteiger partial charge in [-0.1, -0.05) is 36.4 Å². The number of hydrogen-bond donors (Lipinski definition) is 0. The van der Waals surface area contributed by atoms with Gasteiger partial charge < -0.3 is 14.4 Å². The molecule has 5 nitrogen and oxygen atoms in total. The van der Waals surface area contributed by atoms with Gasteiger partial charge in [0.1, 0.15) is 5.72 Å². The Morgan fingerprint density at radius 1 is 1.33 bits per heavy atom. The summed E-state index contributed by atoms with van der Waals surface area (Å²) < 4.78 is 10.6. The number of nitrogens with zero attached hydrogens (tertiary/aromatic N) is 1. The van der Waals surface area contributed by atoms with Crippen LogP contribution in [0.4, 0.5) is 4.79 Å². The maximum atomic E-state index is 12.0. The Hall–Kier alpha value is -2.08. The number of hydrogen-bond acceptors (Lipinski definition) is 4. The minimum absolute atomic E-state index is 0.206. The number of methoxy groups -OCH3 is 1. The van der Waals surface area contributed by atoms with E-state index in [1.54, 1.807) is 11.0 Å². The van der Waals surface area contributed by atoms with E-state index in [0.29, 0.717) is 12.8 Å². The largest absolute Gasteiger partial charge is 0.466 e. The van der Waals surface area contributed by atoms with Gasteiger partial charge in [0.15, 0.2) is 5.81 Å². The normalized spacial score (nSPS) is 22.7. The van der Waals surface area contributed by atoms with Crippen LogP contribution < -0.4 is 0 Å². The van der Waals surface area contributed by atoms with Crippen molar-refractivity contribution in [3.8, 4) is 0 Å². The quantitative estimate of drug-likeness (QED) is 0.474. The molecule has 2 radical (unpaired) electrons. The Kier molecular flexibility index (Phi) is 5.83. The van der Waals surface area contributed by atoms with E-state index >= 15 is 0 Å². The molecule has 1 amide bonds. The van der Waals surface area contributed by atoms with Gasteiger partial charge in [-0.2, -0.15) is 0 Å². The van der Waals surface area contributed by atoms with E-state index < -0.39 is 17.5 Å². The van der Waals surface area contributed by atoms with Crippen molar-refractivity contribution in [3.05, 3.63) is 48.0 Å². The van der Waals surface area contributed by atoms with Gasteiger partial charge in [-0.05, 0) is 32.3 Å². The average Bonchev–Trinajstić information content (AvgIpc) is 2.78. The zero-order valence-electron chi connectivity index (χ0n) is 14.3. The zero-order chi connectivity index (χ0) is 17.7. The summed E-state index contributed by atoms with van der Waals surface area (Å²) >= 11 is 0. The van der Waals surface area contributed by atoms with E-state index in [0.717, 1.165) is 5.56 Å². The van der Waals surface area contributed by atoms with Gasteiger partial charge >= 0.3 is 5.97 Å². The third kappa shape index (κ3) is 4.26. The summed E-state index contributed by atoms with van der Waals surface area (Å²) in [5, 5.41) is 0. The number of ether oxygens (including phenoxy) is 2. The van der Waals surface area contributed by atoms with Gasteiger partial charge in [-0.3, -0.25) is 4.79 Å². The molecule has 126 valence electrons. The summed E-state index contributed by atoms with van der Waals surface area (Å²) in [4.78, 5) is 24.8. The molecule has 0 saturated carbocycles. The molecule has 1 fully saturated rings. The second kappa shape index (κ2) is 7.66. The molecular weight excluding hydrogens is 305 g/mol. The van der Waals surface area contributed by atoms with Gasteiger partial charge in [0, 0.05) is 6.08 Å². The van der Waals surface area contributed by atoms with Crippen LogP contribution in [0.25, 0.3) is 0 Å². The SMILES string of the molecule is [B]C(=O)N1C(Cc2ccccc2)C(C/C=C/C(=O)OC)OC1(C)C. The van der Waals surface area contributed by atoms with Crippen molar-refractivity contribution in [2.45, 2.75) is 44.6 Å². The second-order valence-corrected chi connectivity index (χ2v) is 6.23. The van der Waals surface area contributed by atoms with Gasteiger partial charge in [-0.25, -0.2) is 4.79 Å². The van der Waals surface area contributed by atoms with Crippen molar-refractivity contribution in [1.29, 1.82) is 0 Å². The van der Waals surface area contributed by atoms with Crippen molar-refractivity contribution >= 4 is 19.6 Å². The monoisotopic (exact) mass is 327 g/mol. The van der Waals surface area contributed by atoms with Crippen LogP contribution in [-0.4, -0.2) is 49.5 Å². The van der Waals surface area contributed by atoms with Crippen LogP contribution >= 0.6 is 0 Å². The number of esters is 1. The molecule has 1 saturated heterocycles. The maximum Gasteiger partial charge on any atom is 0.330 e. The van der Waals surface area contributed by atoms with Gasteiger partial charge in [0.25, 0.3) is 0 Å². The molecule has 0 aromatic heterocycles. The summed E-state index contributed by atoms with van der Waals surface area (Å²) in [6, 6.07) is 9.66. The van der Waals surface area contributed by atoms with E-state index in [2.05, 4.69) is 4.74 Å². The topological polar surface area (TPSA) is 55.8 Å². The van der Waals surface area contributed by atoms with E-state index in [1.165, 1.54) is 13.2 Å². The van der Waals surface area contributed by atoms with E-state index in [4.69, 9.17) is 12.6 Å². The molecule has 1 aliphatic heterocycles. The molecule has 2 atom stereocenters. The third-order valence-electron chi connectivity index (χ3n) is 4.13. The highest BCUT2D eigenvalue weighted by molar-refractivity contribution is 6.57. The molecule has 0 bridgehead atoms. The highest BCUT2D eigenvalue weighted by atomic mass is 16.5. The summed E-state index contributed by atoms with van der Waals surface area (Å²) in [6.45, 7) is 3.64. The molecule has 1 aliphatic rings. The zero-order valence-corrected chi connectivity index (χ0v) is 14.3. The van der Waals surface area contributed by atoms with Crippen LogP contribution in [-0.2, 0) is 20.7 Å². The lowest BCUT2D eigenvalue weighted by molar-refractivity contribution is -0.134. The van der Waals surface area contributed by atoms with E-state index in [9.17, 15) is 9.59 Å². The lowest BCUT2D eigenvalue weighted by atomic mass is 9.95. The Morgan fingerprint density at radius 3 is 2.58 bits per heavy atom. The Bertz CT molecular complexity index is 615. The van der Waals surface area contributed by atoms with Crippen LogP contribution in [0.3, 0.4) is 0 Å². The van der Waals surface area contributed by atoms with Crippen LogP contribution in [0.1, 0.15) is 25.8 Å². The second-order valence-electron chi connectivity index (χ2n) is 6.23. The number of rotatable bonds is 5. The third-order valence-corrected chi connectivity index (χ3v) is 4.13. The first-order chi connectivity index (χ1) is 11.3. The van der Waals surface area contributed by atoms with Crippen molar-refractivity contribution < 1.29 is 19.1 Å². The Morgan fingerprint density at radius 2 is 2.00 bits per heavy atom. The fraction of sp³-hybridized carbons (Fsp3) is 0.444. The van der Waals surface area contributed by atoms with Crippen LogP contribution in [0.2, 0.25) is 0 Å². The highest BCUT2D eigenvalue weighted by Crippen LogP contribution is 2.35. The fourth-order valence-corrected chi connectivity index (χ4v) is 3.15. The predicted octanol–water partition coefficient (Wildman–Crippen LogP) is 2.44. The van der Waals surface area contributed by atoms with Gasteiger partial charge in [-0.15, -0.1) is 0 Å². The maximum absolute atomic E-state index is 12.0. The van der Waals surface area contributed by atoms with Gasteiger partial charge in [0.2, 0.25) is 7.85 Å². The van der Waals surface area contributed by atoms with Crippen molar-refractivity contribution in [3.63, 3.8) is 0 Å². The fourth-order valence-electron chi connectivity index (χ4n) is 3.15. The van der Waals surface area contributed by atoms with E-state index in [1.807, 2.05) is 44.2 Å². The molecule has 1 aromatic rings. The standard InChI is InChI=1S/C18H22BNO4/c1-18(2)20(17(19)22)14(12-13-8-5-4-6-9-13)15(24-18)10-7-11-16(21)23-3/h4-9,11,14-15H,10,12H2,1-3H3/b11-7+. The molecule has 0 N–H and O–H groups in total. The number of amides is 1. The first-order valence-electron chi connectivity index (χ1n) is 7.90. The Labute approximate surface area is 144 Å². The molecule has 1 aromatic carbocycles. The first kappa shape index (κ1) is 18.3. The highest BCUT2D eigenvalue weighted by Gasteiger charge is 2.47. The first-order valence-corrected chi connectivity index (χ1v) is 7.90.